The smallest absolute Gasteiger partial charge is 0.254 e. The summed E-state index contributed by atoms with van der Waals surface area (Å²) in [4.78, 5) is 20.3. The van der Waals surface area contributed by atoms with Crippen molar-refractivity contribution in [3.8, 4) is 5.75 Å². The lowest BCUT2D eigenvalue weighted by atomic mass is 9.80. The summed E-state index contributed by atoms with van der Waals surface area (Å²) in [7, 11) is 4.00. The van der Waals surface area contributed by atoms with Gasteiger partial charge < -0.3 is 19.3 Å². The molecule has 2 aromatic rings. The molecule has 3 aliphatic rings. The summed E-state index contributed by atoms with van der Waals surface area (Å²) in [6, 6.07) is 16.7. The Bertz CT molecular complexity index is 978. The molecule has 176 valence electrons. The first-order valence-electron chi connectivity index (χ1n) is 12.2. The average Bonchev–Trinajstić information content (AvgIpc) is 3.01. The van der Waals surface area contributed by atoms with Crippen LogP contribution in [0, 0.1) is 0 Å². The van der Waals surface area contributed by atoms with Crippen LogP contribution in [0.2, 0.25) is 0 Å². The number of hydrogen-bond acceptors (Lipinski definition) is 5. The topological polar surface area (TPSA) is 45.2 Å². The molecule has 6 heteroatoms. The number of morpholine rings is 1. The van der Waals surface area contributed by atoms with Gasteiger partial charge in [-0.15, -0.1) is 0 Å². The van der Waals surface area contributed by atoms with Crippen molar-refractivity contribution in [3.63, 3.8) is 0 Å². The quantitative estimate of drug-likeness (QED) is 0.713. The third kappa shape index (κ3) is 4.73. The summed E-state index contributed by atoms with van der Waals surface area (Å²) in [5.41, 5.74) is 2.53. The number of nitrogens with zero attached hydrogens (tertiary/aromatic N) is 3. The first kappa shape index (κ1) is 22.2. The fraction of sp³-hybridized carbons (Fsp3) is 0.519. The van der Waals surface area contributed by atoms with Crippen LogP contribution in [0.5, 0.6) is 5.75 Å². The van der Waals surface area contributed by atoms with Crippen molar-refractivity contribution >= 4 is 11.6 Å². The lowest BCUT2D eigenvalue weighted by Crippen LogP contribution is -2.53. The third-order valence-electron chi connectivity index (χ3n) is 7.46. The maximum atomic E-state index is 13.7. The van der Waals surface area contributed by atoms with Crippen LogP contribution < -0.4 is 9.64 Å². The van der Waals surface area contributed by atoms with E-state index in [4.69, 9.17) is 9.47 Å². The Balaban J connectivity index is 1.39. The average molecular weight is 450 g/mol. The standard InChI is InChI=1S/C27H35N3O3/c1-28(2)24-8-5-7-21(18-24)26(31)30-19-22-6-3-4-9-25(22)33-27(20-30)12-10-23(11-13-27)29-14-16-32-17-15-29/h3-9,18,23H,10-17,19-20H2,1-2H3. The second-order valence-corrected chi connectivity index (χ2v) is 9.88. The van der Waals surface area contributed by atoms with Crippen LogP contribution in [0.15, 0.2) is 48.5 Å². The van der Waals surface area contributed by atoms with E-state index in [0.717, 1.165) is 74.6 Å². The summed E-state index contributed by atoms with van der Waals surface area (Å²) in [6.07, 6.45) is 4.12. The molecule has 6 nitrogen and oxygen atoms in total. The van der Waals surface area contributed by atoms with Crippen LogP contribution >= 0.6 is 0 Å². The maximum Gasteiger partial charge on any atom is 0.254 e. The molecule has 1 aliphatic carbocycles. The summed E-state index contributed by atoms with van der Waals surface area (Å²) >= 11 is 0. The van der Waals surface area contributed by atoms with E-state index < -0.39 is 0 Å². The van der Waals surface area contributed by atoms with Gasteiger partial charge in [-0.05, 0) is 49.9 Å². The van der Waals surface area contributed by atoms with E-state index in [-0.39, 0.29) is 11.5 Å². The van der Waals surface area contributed by atoms with Gasteiger partial charge in [-0.3, -0.25) is 9.69 Å². The van der Waals surface area contributed by atoms with E-state index >= 15 is 0 Å². The van der Waals surface area contributed by atoms with Gasteiger partial charge in [0.05, 0.1) is 19.8 Å². The molecule has 1 amide bonds. The molecule has 2 fully saturated rings. The highest BCUT2D eigenvalue weighted by atomic mass is 16.5. The number of para-hydroxylation sites is 1. The number of ether oxygens (including phenoxy) is 2. The zero-order chi connectivity index (χ0) is 22.8. The van der Waals surface area contributed by atoms with Gasteiger partial charge in [0, 0.05) is 56.6 Å². The molecule has 0 unspecified atom stereocenters. The molecule has 0 atom stereocenters. The van der Waals surface area contributed by atoms with Gasteiger partial charge in [-0.2, -0.15) is 0 Å². The maximum absolute atomic E-state index is 13.7. The van der Waals surface area contributed by atoms with Gasteiger partial charge >= 0.3 is 0 Å². The zero-order valence-corrected chi connectivity index (χ0v) is 19.8. The van der Waals surface area contributed by atoms with Crippen molar-refractivity contribution in [1.29, 1.82) is 0 Å². The molecule has 1 saturated heterocycles. The predicted molar refractivity (Wildman–Crippen MR) is 130 cm³/mol. The molecule has 1 spiro atoms. The monoisotopic (exact) mass is 449 g/mol. The van der Waals surface area contributed by atoms with Crippen molar-refractivity contribution in [1.82, 2.24) is 9.80 Å². The highest BCUT2D eigenvalue weighted by Gasteiger charge is 2.43. The van der Waals surface area contributed by atoms with E-state index in [1.165, 1.54) is 0 Å². The zero-order valence-electron chi connectivity index (χ0n) is 19.8. The summed E-state index contributed by atoms with van der Waals surface area (Å²) in [6.45, 7) is 4.92. The van der Waals surface area contributed by atoms with E-state index in [2.05, 4.69) is 17.0 Å². The van der Waals surface area contributed by atoms with Crippen LogP contribution in [-0.4, -0.2) is 74.3 Å². The van der Waals surface area contributed by atoms with Gasteiger partial charge in [0.2, 0.25) is 0 Å². The Labute approximate surface area is 197 Å². The van der Waals surface area contributed by atoms with Crippen molar-refractivity contribution in [2.45, 2.75) is 43.9 Å². The number of hydrogen-bond donors (Lipinski definition) is 0. The lowest BCUT2D eigenvalue weighted by Gasteiger charge is -2.45. The highest BCUT2D eigenvalue weighted by molar-refractivity contribution is 5.95. The van der Waals surface area contributed by atoms with Crippen molar-refractivity contribution in [3.05, 3.63) is 59.7 Å². The van der Waals surface area contributed by atoms with Crippen molar-refractivity contribution in [2.75, 3.05) is 51.8 Å². The van der Waals surface area contributed by atoms with Crippen LogP contribution in [0.4, 0.5) is 5.69 Å². The number of amides is 1. The largest absolute Gasteiger partial charge is 0.485 e. The molecular weight excluding hydrogens is 414 g/mol. The molecule has 5 rings (SSSR count). The highest BCUT2D eigenvalue weighted by Crippen LogP contribution is 2.40. The summed E-state index contributed by atoms with van der Waals surface area (Å²) < 4.78 is 12.3. The van der Waals surface area contributed by atoms with E-state index in [1.54, 1.807) is 0 Å². The van der Waals surface area contributed by atoms with Crippen LogP contribution in [0.1, 0.15) is 41.6 Å². The molecule has 2 heterocycles. The Kier molecular flexibility index (Phi) is 6.30. The Morgan fingerprint density at radius 1 is 1.03 bits per heavy atom. The lowest BCUT2D eigenvalue weighted by molar-refractivity contribution is -0.0362. The fourth-order valence-electron chi connectivity index (χ4n) is 5.55. The molecule has 0 bridgehead atoms. The third-order valence-corrected chi connectivity index (χ3v) is 7.46. The number of rotatable bonds is 3. The summed E-state index contributed by atoms with van der Waals surface area (Å²) in [5, 5.41) is 0. The molecule has 2 aromatic carbocycles. The van der Waals surface area contributed by atoms with E-state index in [9.17, 15) is 4.79 Å². The van der Waals surface area contributed by atoms with Gasteiger partial charge in [0.1, 0.15) is 11.4 Å². The number of benzene rings is 2. The van der Waals surface area contributed by atoms with Gasteiger partial charge in [0.15, 0.2) is 0 Å². The van der Waals surface area contributed by atoms with Crippen LogP contribution in [-0.2, 0) is 11.3 Å². The fourth-order valence-corrected chi connectivity index (χ4v) is 5.55. The first-order chi connectivity index (χ1) is 16.0. The first-order valence-corrected chi connectivity index (χ1v) is 12.2. The van der Waals surface area contributed by atoms with Gasteiger partial charge in [0.25, 0.3) is 5.91 Å². The van der Waals surface area contributed by atoms with E-state index in [1.807, 2.05) is 60.3 Å². The Morgan fingerprint density at radius 3 is 2.55 bits per heavy atom. The summed E-state index contributed by atoms with van der Waals surface area (Å²) in [5.74, 6) is 1.01. The molecule has 0 radical (unpaired) electrons. The van der Waals surface area contributed by atoms with Crippen LogP contribution in [0.3, 0.4) is 0 Å². The van der Waals surface area contributed by atoms with Gasteiger partial charge in [-0.1, -0.05) is 24.3 Å². The van der Waals surface area contributed by atoms with Gasteiger partial charge in [-0.25, -0.2) is 0 Å². The minimum absolute atomic E-state index is 0.0775. The molecule has 0 aromatic heterocycles. The minimum Gasteiger partial charge on any atom is -0.485 e. The molecular formula is C27H35N3O3. The van der Waals surface area contributed by atoms with E-state index in [0.29, 0.717) is 19.1 Å². The second kappa shape index (κ2) is 9.35. The number of fused-ring (bicyclic) bond motifs is 1. The Morgan fingerprint density at radius 2 is 1.79 bits per heavy atom. The second-order valence-electron chi connectivity index (χ2n) is 9.88. The molecule has 1 saturated carbocycles. The SMILES string of the molecule is CN(C)c1cccc(C(=O)N2Cc3ccccc3OC3(CCC(N4CCOCC4)CC3)C2)c1. The van der Waals surface area contributed by atoms with Crippen molar-refractivity contribution in [2.24, 2.45) is 0 Å². The van der Waals surface area contributed by atoms with Crippen molar-refractivity contribution < 1.29 is 14.3 Å². The number of anilines is 1. The Hall–Kier alpha value is -2.57. The van der Waals surface area contributed by atoms with Crippen LogP contribution in [0.25, 0.3) is 0 Å². The molecule has 2 aliphatic heterocycles. The molecule has 33 heavy (non-hydrogen) atoms. The molecule has 0 N–H and O–H groups in total. The normalized spacial score (nSPS) is 25.8. The predicted octanol–water partition coefficient (Wildman–Crippen LogP) is 3.80. The number of carbonyl (C=O) groups is 1. The number of carbonyl (C=O) groups excluding carboxylic acids is 1. The minimum atomic E-state index is -0.329.